The number of nitrogens with zero attached hydrogens (tertiary/aromatic N) is 4. The summed E-state index contributed by atoms with van der Waals surface area (Å²) in [7, 11) is -3.13. The van der Waals surface area contributed by atoms with Crippen molar-refractivity contribution in [1.29, 1.82) is 0 Å². The second-order valence-corrected chi connectivity index (χ2v) is 12.2. The van der Waals surface area contributed by atoms with E-state index in [-0.39, 0.29) is 30.8 Å². The van der Waals surface area contributed by atoms with Crippen molar-refractivity contribution in [3.05, 3.63) is 55.9 Å². The molecule has 1 fully saturated rings. The van der Waals surface area contributed by atoms with Crippen molar-refractivity contribution >= 4 is 43.9 Å². The Morgan fingerprint density at radius 2 is 1.94 bits per heavy atom. The van der Waals surface area contributed by atoms with Gasteiger partial charge in [-0.05, 0) is 52.8 Å². The molecule has 2 aromatic heterocycles. The minimum absolute atomic E-state index is 0.0284. The number of hydrogen-bond donors (Lipinski definition) is 1. The van der Waals surface area contributed by atoms with Crippen LogP contribution in [-0.2, 0) is 33.7 Å². The second kappa shape index (κ2) is 10.8. The summed E-state index contributed by atoms with van der Waals surface area (Å²) >= 11 is 2.19. The molecule has 13 heteroatoms. The first kappa shape index (κ1) is 27.1. The van der Waals surface area contributed by atoms with Crippen LogP contribution in [0.5, 0.6) is 0 Å². The third-order valence-electron chi connectivity index (χ3n) is 6.09. The average molecular weight is 637 g/mol. The van der Waals surface area contributed by atoms with Crippen LogP contribution in [0.4, 0.5) is 19.0 Å². The molecule has 4 rings (SSSR count). The number of anilines is 1. The van der Waals surface area contributed by atoms with E-state index in [1.807, 2.05) is 6.07 Å². The van der Waals surface area contributed by atoms with E-state index < -0.39 is 21.6 Å². The topological polar surface area (TPSA) is 88.8 Å². The predicted molar refractivity (Wildman–Crippen MR) is 139 cm³/mol. The quantitative estimate of drug-likeness (QED) is 0.300. The van der Waals surface area contributed by atoms with E-state index in [4.69, 9.17) is 14.8 Å². The normalized spacial score (nSPS) is 15.1. The molecule has 0 amide bonds. The molecule has 0 radical (unpaired) electrons. The molecule has 196 valence electrons. The van der Waals surface area contributed by atoms with Gasteiger partial charge in [-0.25, -0.2) is 17.9 Å². The highest BCUT2D eigenvalue weighted by molar-refractivity contribution is 14.1. The standard InChI is InChI=1S/C23H27F3IN5O3S/c1-15-16(4-3-5-17(15)23(24,25)26)12-20-19(14-28-6-11-36(2,33)34)29-22-18(27)13-21(30-32(20)22)31-7-9-35-10-8-31/h3-5,13,28H,6-12,14H2,1-2H3. The Kier molecular flexibility index (Phi) is 8.12. The number of fused-ring (bicyclic) bond motifs is 1. The summed E-state index contributed by atoms with van der Waals surface area (Å²) < 4.78 is 71.6. The third kappa shape index (κ3) is 6.29. The minimum atomic E-state index is -4.45. The van der Waals surface area contributed by atoms with Crippen molar-refractivity contribution in [1.82, 2.24) is 19.9 Å². The van der Waals surface area contributed by atoms with Crippen LogP contribution in [0.2, 0.25) is 0 Å². The Morgan fingerprint density at radius 1 is 1.22 bits per heavy atom. The maximum Gasteiger partial charge on any atom is 0.416 e. The van der Waals surface area contributed by atoms with E-state index in [1.54, 1.807) is 10.6 Å². The van der Waals surface area contributed by atoms with Crippen molar-refractivity contribution in [3.63, 3.8) is 0 Å². The zero-order chi connectivity index (χ0) is 26.1. The van der Waals surface area contributed by atoms with E-state index >= 15 is 0 Å². The molecule has 0 atom stereocenters. The van der Waals surface area contributed by atoms with E-state index in [2.05, 4.69) is 32.8 Å². The molecular formula is C23H27F3IN5O3S. The Balaban J connectivity index is 1.76. The zero-order valence-electron chi connectivity index (χ0n) is 19.9. The highest BCUT2D eigenvalue weighted by atomic mass is 127. The van der Waals surface area contributed by atoms with Gasteiger partial charge in [-0.3, -0.25) is 0 Å². The number of nitrogens with one attached hydrogen (secondary N) is 1. The number of benzene rings is 1. The van der Waals surface area contributed by atoms with Crippen LogP contribution in [0.15, 0.2) is 24.3 Å². The van der Waals surface area contributed by atoms with Gasteiger partial charge < -0.3 is 15.0 Å². The van der Waals surface area contributed by atoms with Crippen molar-refractivity contribution in [2.75, 3.05) is 49.8 Å². The smallest absolute Gasteiger partial charge is 0.378 e. The van der Waals surface area contributed by atoms with Crippen LogP contribution in [-0.4, -0.2) is 67.9 Å². The fourth-order valence-electron chi connectivity index (χ4n) is 4.15. The molecule has 1 N–H and O–H groups in total. The van der Waals surface area contributed by atoms with Gasteiger partial charge in [0.15, 0.2) is 11.5 Å². The first-order valence-electron chi connectivity index (χ1n) is 11.4. The van der Waals surface area contributed by atoms with Crippen molar-refractivity contribution in [2.24, 2.45) is 0 Å². The van der Waals surface area contributed by atoms with E-state index in [9.17, 15) is 21.6 Å². The van der Waals surface area contributed by atoms with Crippen molar-refractivity contribution < 1.29 is 26.3 Å². The lowest BCUT2D eigenvalue weighted by Crippen LogP contribution is -2.37. The molecule has 1 aliphatic heterocycles. The van der Waals surface area contributed by atoms with Crippen LogP contribution >= 0.6 is 22.6 Å². The number of alkyl halides is 3. The van der Waals surface area contributed by atoms with Crippen LogP contribution in [0.3, 0.4) is 0 Å². The number of aromatic nitrogens is 3. The number of halogens is 4. The van der Waals surface area contributed by atoms with Gasteiger partial charge in [-0.1, -0.05) is 12.1 Å². The predicted octanol–water partition coefficient (Wildman–Crippen LogP) is 3.22. The van der Waals surface area contributed by atoms with Crippen LogP contribution in [0.25, 0.3) is 5.65 Å². The molecule has 1 aromatic carbocycles. The van der Waals surface area contributed by atoms with Gasteiger partial charge in [0, 0.05) is 38.9 Å². The molecule has 0 unspecified atom stereocenters. The summed E-state index contributed by atoms with van der Waals surface area (Å²) in [6.45, 7) is 4.52. The molecule has 0 saturated carbocycles. The molecule has 8 nitrogen and oxygen atoms in total. The Hall–Kier alpha value is -1.97. The number of morpholine rings is 1. The molecule has 3 aromatic rings. The fraction of sp³-hybridized carbons (Fsp3) is 0.478. The molecule has 1 saturated heterocycles. The Morgan fingerprint density at radius 3 is 2.61 bits per heavy atom. The molecular weight excluding hydrogens is 610 g/mol. The first-order valence-corrected chi connectivity index (χ1v) is 14.5. The maximum atomic E-state index is 13.5. The lowest BCUT2D eigenvalue weighted by Gasteiger charge is -2.27. The number of rotatable bonds is 8. The van der Waals surface area contributed by atoms with Gasteiger partial charge in [-0.15, -0.1) is 5.10 Å². The Labute approximate surface area is 221 Å². The van der Waals surface area contributed by atoms with E-state index in [1.165, 1.54) is 19.2 Å². The lowest BCUT2D eigenvalue weighted by atomic mass is 9.98. The van der Waals surface area contributed by atoms with Crippen molar-refractivity contribution in [3.8, 4) is 0 Å². The average Bonchev–Trinajstić information content (AvgIpc) is 3.15. The second-order valence-electron chi connectivity index (χ2n) is 8.76. The van der Waals surface area contributed by atoms with Gasteiger partial charge >= 0.3 is 6.18 Å². The number of hydrogen-bond acceptors (Lipinski definition) is 7. The summed E-state index contributed by atoms with van der Waals surface area (Å²) in [6.07, 6.45) is -3.09. The number of ether oxygens (including phenoxy) is 1. The molecule has 0 spiro atoms. The largest absolute Gasteiger partial charge is 0.416 e. The summed E-state index contributed by atoms with van der Waals surface area (Å²) in [5, 5.41) is 7.92. The summed E-state index contributed by atoms with van der Waals surface area (Å²) in [5.74, 6) is 0.713. The summed E-state index contributed by atoms with van der Waals surface area (Å²) in [5.41, 5.74) is 1.90. The number of sulfone groups is 1. The minimum Gasteiger partial charge on any atom is -0.378 e. The lowest BCUT2D eigenvalue weighted by molar-refractivity contribution is -0.138. The molecule has 1 aliphatic rings. The molecule has 0 aliphatic carbocycles. The van der Waals surface area contributed by atoms with Crippen LogP contribution in [0.1, 0.15) is 28.1 Å². The maximum absolute atomic E-state index is 13.5. The third-order valence-corrected chi connectivity index (χ3v) is 7.83. The fourth-order valence-corrected chi connectivity index (χ4v) is 5.30. The van der Waals surface area contributed by atoms with Crippen molar-refractivity contribution in [2.45, 2.75) is 26.1 Å². The van der Waals surface area contributed by atoms with Gasteiger partial charge in [0.1, 0.15) is 9.84 Å². The van der Waals surface area contributed by atoms with Gasteiger partial charge in [-0.2, -0.15) is 13.2 Å². The highest BCUT2D eigenvalue weighted by Gasteiger charge is 2.33. The van der Waals surface area contributed by atoms with Crippen LogP contribution < -0.4 is 10.2 Å². The van der Waals surface area contributed by atoms with E-state index in [0.29, 0.717) is 48.9 Å². The Bertz CT molecular complexity index is 1360. The summed E-state index contributed by atoms with van der Waals surface area (Å²) in [4.78, 5) is 6.85. The zero-order valence-corrected chi connectivity index (χ0v) is 22.9. The van der Waals surface area contributed by atoms with Gasteiger partial charge in [0.25, 0.3) is 0 Å². The highest BCUT2D eigenvalue weighted by Crippen LogP contribution is 2.34. The summed E-state index contributed by atoms with van der Waals surface area (Å²) in [6, 6.07) is 6.11. The van der Waals surface area contributed by atoms with E-state index in [0.717, 1.165) is 15.5 Å². The van der Waals surface area contributed by atoms with Gasteiger partial charge in [0.2, 0.25) is 0 Å². The molecule has 0 bridgehead atoms. The molecule has 36 heavy (non-hydrogen) atoms. The SMILES string of the molecule is Cc1c(Cc2c(CNCCS(C)(=O)=O)nc3c(I)cc(N4CCOCC4)nn23)cccc1C(F)(F)F. The first-order chi connectivity index (χ1) is 16.9. The van der Waals surface area contributed by atoms with Gasteiger partial charge in [0.05, 0.1) is 39.5 Å². The number of imidazole rings is 1. The molecule has 3 heterocycles. The monoisotopic (exact) mass is 637 g/mol. The van der Waals surface area contributed by atoms with Crippen LogP contribution in [0, 0.1) is 10.5 Å².